The third-order valence-electron chi connectivity index (χ3n) is 5.98. The Kier molecular flexibility index (Phi) is 3.87. The van der Waals surface area contributed by atoms with Crippen molar-refractivity contribution in [2.75, 3.05) is 13.2 Å². The van der Waals surface area contributed by atoms with Crippen LogP contribution in [0.4, 0.5) is 0 Å². The molecule has 0 radical (unpaired) electrons. The quantitative estimate of drug-likeness (QED) is 0.753. The van der Waals surface area contributed by atoms with Gasteiger partial charge in [0.05, 0.1) is 12.2 Å². The molecule has 0 heterocycles. The average Bonchev–Trinajstić information content (AvgIpc) is 2.50. The van der Waals surface area contributed by atoms with Crippen molar-refractivity contribution in [3.63, 3.8) is 0 Å². The van der Waals surface area contributed by atoms with Crippen LogP contribution in [0.25, 0.3) is 0 Å². The van der Waals surface area contributed by atoms with Crippen LogP contribution in [0.3, 0.4) is 0 Å². The molecule has 0 aliphatic heterocycles. The normalized spacial score (nSPS) is 38.0. The van der Waals surface area contributed by atoms with E-state index in [0.717, 1.165) is 31.6 Å². The minimum atomic E-state index is -0.404. The van der Waals surface area contributed by atoms with Crippen LogP contribution in [-0.2, 0) is 6.54 Å². The van der Waals surface area contributed by atoms with Gasteiger partial charge in [-0.15, -0.1) is 0 Å². The Morgan fingerprint density at radius 3 is 2.39 bits per heavy atom. The van der Waals surface area contributed by atoms with Crippen LogP contribution in [0.15, 0.2) is 24.3 Å². The van der Waals surface area contributed by atoms with Crippen LogP contribution >= 0.6 is 0 Å². The Labute approximate surface area is 137 Å². The first-order valence-electron chi connectivity index (χ1n) is 8.88. The Bertz CT molecular complexity index is 542. The molecule has 2 unspecified atom stereocenters. The van der Waals surface area contributed by atoms with Crippen LogP contribution in [0, 0.1) is 11.8 Å². The molecule has 2 atom stereocenters. The summed E-state index contributed by atoms with van der Waals surface area (Å²) in [7, 11) is 0. The van der Waals surface area contributed by atoms with Gasteiger partial charge in [-0.3, -0.25) is 0 Å². The minimum absolute atomic E-state index is 0.0388. The molecule has 4 nitrogen and oxygen atoms in total. The van der Waals surface area contributed by atoms with Crippen LogP contribution in [0.1, 0.15) is 44.1 Å². The predicted octanol–water partition coefficient (Wildman–Crippen LogP) is 2.23. The lowest BCUT2D eigenvalue weighted by molar-refractivity contribution is -0.142. The van der Waals surface area contributed by atoms with Crippen LogP contribution < -0.4 is 10.1 Å². The monoisotopic (exact) mass is 317 g/mol. The fraction of sp³-hybridized carbons (Fsp3) is 0.684. The SMILES string of the molecule is OCCOc1ccc(CNC23CC4CC(CC(O)(C4)C2)C3)cc1. The van der Waals surface area contributed by atoms with Gasteiger partial charge in [0.25, 0.3) is 0 Å². The molecular formula is C19H27NO3. The summed E-state index contributed by atoms with van der Waals surface area (Å²) in [5.41, 5.74) is 0.980. The summed E-state index contributed by atoms with van der Waals surface area (Å²) in [6, 6.07) is 8.07. The molecule has 4 fully saturated rings. The minimum Gasteiger partial charge on any atom is -0.491 e. The molecule has 0 amide bonds. The highest BCUT2D eigenvalue weighted by Gasteiger charge is 2.56. The molecule has 126 valence electrons. The fourth-order valence-corrected chi connectivity index (χ4v) is 5.58. The average molecular weight is 317 g/mol. The highest BCUT2D eigenvalue weighted by atomic mass is 16.5. The zero-order chi connectivity index (χ0) is 15.9. The highest BCUT2D eigenvalue weighted by molar-refractivity contribution is 5.27. The second-order valence-electron chi connectivity index (χ2n) is 8.04. The van der Waals surface area contributed by atoms with Crippen molar-refractivity contribution in [1.82, 2.24) is 5.32 Å². The standard InChI is InChI=1S/C19H27NO3/c21-5-6-23-17-3-1-14(2-4-17)12-20-18-8-15-7-16(9-18)11-19(22,10-15)13-18/h1-4,15-16,20-22H,5-13H2. The molecule has 0 aromatic heterocycles. The number of hydrogen-bond donors (Lipinski definition) is 3. The fourth-order valence-electron chi connectivity index (χ4n) is 5.58. The lowest BCUT2D eigenvalue weighted by Crippen LogP contribution is -2.64. The predicted molar refractivity (Wildman–Crippen MR) is 88.2 cm³/mol. The molecule has 23 heavy (non-hydrogen) atoms. The zero-order valence-corrected chi connectivity index (χ0v) is 13.6. The molecule has 4 heteroatoms. The van der Waals surface area contributed by atoms with Crippen LogP contribution in [0.2, 0.25) is 0 Å². The maximum atomic E-state index is 10.8. The molecular weight excluding hydrogens is 290 g/mol. The third kappa shape index (κ3) is 3.12. The molecule has 1 aromatic carbocycles. The Morgan fingerprint density at radius 2 is 1.78 bits per heavy atom. The number of nitrogens with one attached hydrogen (secondary N) is 1. The Balaban J connectivity index is 1.39. The first-order valence-corrected chi connectivity index (χ1v) is 8.88. The number of benzene rings is 1. The van der Waals surface area contributed by atoms with Gasteiger partial charge in [-0.2, -0.15) is 0 Å². The van der Waals surface area contributed by atoms with Gasteiger partial charge in [0.1, 0.15) is 12.4 Å². The smallest absolute Gasteiger partial charge is 0.119 e. The molecule has 1 aromatic rings. The third-order valence-corrected chi connectivity index (χ3v) is 5.98. The van der Waals surface area contributed by atoms with Crippen molar-refractivity contribution in [2.24, 2.45) is 11.8 Å². The van der Waals surface area contributed by atoms with E-state index in [-0.39, 0.29) is 12.1 Å². The largest absolute Gasteiger partial charge is 0.491 e. The van der Waals surface area contributed by atoms with Crippen LogP contribution in [-0.4, -0.2) is 34.6 Å². The van der Waals surface area contributed by atoms with Crippen molar-refractivity contribution < 1.29 is 14.9 Å². The van der Waals surface area contributed by atoms with Gasteiger partial charge >= 0.3 is 0 Å². The van der Waals surface area contributed by atoms with Gasteiger partial charge in [-0.05, 0) is 68.1 Å². The van der Waals surface area contributed by atoms with E-state index in [4.69, 9.17) is 9.84 Å². The van der Waals surface area contributed by atoms with E-state index < -0.39 is 5.60 Å². The second kappa shape index (κ2) is 5.76. The van der Waals surface area contributed by atoms with Crippen molar-refractivity contribution >= 4 is 0 Å². The van der Waals surface area contributed by atoms with Crippen molar-refractivity contribution in [3.8, 4) is 5.75 Å². The van der Waals surface area contributed by atoms with Crippen molar-refractivity contribution in [2.45, 2.75) is 56.2 Å². The molecule has 0 saturated heterocycles. The van der Waals surface area contributed by atoms with E-state index in [9.17, 15) is 5.11 Å². The van der Waals surface area contributed by atoms with E-state index in [1.54, 1.807) is 0 Å². The first kappa shape index (κ1) is 15.4. The molecule has 4 bridgehead atoms. The molecule has 4 aliphatic rings. The summed E-state index contributed by atoms with van der Waals surface area (Å²) in [5, 5.41) is 23.4. The lowest BCUT2D eigenvalue weighted by atomic mass is 9.51. The molecule has 4 saturated carbocycles. The van der Waals surface area contributed by atoms with Gasteiger partial charge in [-0.25, -0.2) is 0 Å². The summed E-state index contributed by atoms with van der Waals surface area (Å²) >= 11 is 0. The maximum Gasteiger partial charge on any atom is 0.119 e. The van der Waals surface area contributed by atoms with Crippen molar-refractivity contribution in [3.05, 3.63) is 29.8 Å². The van der Waals surface area contributed by atoms with E-state index in [1.807, 2.05) is 12.1 Å². The van der Waals surface area contributed by atoms with E-state index in [1.165, 1.54) is 24.8 Å². The summed E-state index contributed by atoms with van der Waals surface area (Å²) in [6.07, 6.45) is 6.73. The van der Waals surface area contributed by atoms with Gasteiger partial charge in [-0.1, -0.05) is 12.1 Å². The van der Waals surface area contributed by atoms with E-state index in [2.05, 4.69) is 17.4 Å². The lowest BCUT2D eigenvalue weighted by Gasteiger charge is -2.60. The number of ether oxygens (including phenoxy) is 1. The van der Waals surface area contributed by atoms with Gasteiger partial charge in [0.2, 0.25) is 0 Å². The Hall–Kier alpha value is -1.10. The highest BCUT2D eigenvalue weighted by Crippen LogP contribution is 2.57. The Morgan fingerprint density at radius 1 is 1.09 bits per heavy atom. The zero-order valence-electron chi connectivity index (χ0n) is 13.6. The summed E-state index contributed by atoms with van der Waals surface area (Å²) < 4.78 is 5.40. The van der Waals surface area contributed by atoms with Crippen LogP contribution in [0.5, 0.6) is 5.75 Å². The van der Waals surface area contributed by atoms with E-state index in [0.29, 0.717) is 18.4 Å². The van der Waals surface area contributed by atoms with E-state index >= 15 is 0 Å². The topological polar surface area (TPSA) is 61.7 Å². The second-order valence-corrected chi connectivity index (χ2v) is 8.04. The van der Waals surface area contributed by atoms with Gasteiger partial charge < -0.3 is 20.3 Å². The molecule has 5 rings (SSSR count). The number of hydrogen-bond acceptors (Lipinski definition) is 4. The molecule has 4 aliphatic carbocycles. The molecule has 3 N–H and O–H groups in total. The first-order chi connectivity index (χ1) is 11.1. The maximum absolute atomic E-state index is 10.8. The van der Waals surface area contributed by atoms with Gasteiger partial charge in [0.15, 0.2) is 0 Å². The number of aliphatic hydroxyl groups excluding tert-OH is 1. The summed E-state index contributed by atoms with van der Waals surface area (Å²) in [6.45, 7) is 1.22. The number of rotatable bonds is 6. The summed E-state index contributed by atoms with van der Waals surface area (Å²) in [5.74, 6) is 2.22. The number of aliphatic hydroxyl groups is 2. The molecule has 0 spiro atoms. The van der Waals surface area contributed by atoms with Crippen molar-refractivity contribution in [1.29, 1.82) is 0 Å². The summed E-state index contributed by atoms with van der Waals surface area (Å²) in [4.78, 5) is 0. The van der Waals surface area contributed by atoms with Gasteiger partial charge in [0, 0.05) is 12.1 Å².